The van der Waals surface area contributed by atoms with E-state index < -0.39 is 0 Å². The molecule has 0 amide bonds. The first-order chi connectivity index (χ1) is 9.77. The Balaban J connectivity index is 2.92. The van der Waals surface area contributed by atoms with Crippen molar-refractivity contribution in [3.05, 3.63) is 0 Å². The van der Waals surface area contributed by atoms with Crippen LogP contribution in [0.15, 0.2) is 0 Å². The van der Waals surface area contributed by atoms with Crippen LogP contribution in [0.2, 0.25) is 0 Å². The highest BCUT2D eigenvalue weighted by atomic mass is 16.3. The molecule has 0 aromatic carbocycles. The third-order valence-electron chi connectivity index (χ3n) is 4.21. The highest BCUT2D eigenvalue weighted by Gasteiger charge is 1.97. The molecule has 0 aliphatic heterocycles. The molecule has 0 saturated heterocycles. The quantitative estimate of drug-likeness (QED) is 0.270. The van der Waals surface area contributed by atoms with Crippen LogP contribution in [0.5, 0.6) is 0 Å². The third kappa shape index (κ3) is 18.0. The summed E-state index contributed by atoms with van der Waals surface area (Å²) in [4.78, 5) is 0. The van der Waals surface area contributed by atoms with Gasteiger partial charge in [0.2, 0.25) is 0 Å². The molecule has 121 valence electrons. The van der Waals surface area contributed by atoms with Gasteiger partial charge in [-0.25, -0.2) is 5.11 Å². The van der Waals surface area contributed by atoms with Gasteiger partial charge in [-0.15, -0.1) is 0 Å². The monoisotopic (exact) mass is 283 g/mol. The van der Waals surface area contributed by atoms with Gasteiger partial charge in [0.1, 0.15) is 0 Å². The van der Waals surface area contributed by atoms with E-state index >= 15 is 0 Å². The minimum Gasteiger partial charge on any atom is -0.233 e. The van der Waals surface area contributed by atoms with E-state index in [4.69, 9.17) is 0 Å². The van der Waals surface area contributed by atoms with E-state index in [-0.39, 0.29) is 6.10 Å². The minimum atomic E-state index is -0.350. The Morgan fingerprint density at radius 1 is 0.550 bits per heavy atom. The van der Waals surface area contributed by atoms with E-state index in [0.717, 1.165) is 12.8 Å². The first-order valence-electron chi connectivity index (χ1n) is 9.43. The molecule has 0 fully saturated rings. The predicted octanol–water partition coefficient (Wildman–Crippen LogP) is 7.07. The van der Waals surface area contributed by atoms with Gasteiger partial charge in [-0.05, 0) is 13.3 Å². The molecule has 0 aromatic heterocycles. The molecule has 1 unspecified atom stereocenters. The second kappa shape index (κ2) is 17.0. The van der Waals surface area contributed by atoms with Crippen LogP contribution >= 0.6 is 0 Å². The van der Waals surface area contributed by atoms with Crippen LogP contribution in [-0.4, -0.2) is 6.10 Å². The number of rotatable bonds is 16. The maximum Gasteiger partial charge on any atom is 0.0902 e. The molecule has 0 spiro atoms. The maximum atomic E-state index is 10.9. The van der Waals surface area contributed by atoms with Crippen molar-refractivity contribution in [1.82, 2.24) is 0 Å². The van der Waals surface area contributed by atoms with Gasteiger partial charge < -0.3 is 0 Å². The van der Waals surface area contributed by atoms with E-state index in [1.807, 2.05) is 0 Å². The lowest BCUT2D eigenvalue weighted by atomic mass is 10.0. The average molecular weight is 284 g/mol. The van der Waals surface area contributed by atoms with Gasteiger partial charge in [-0.3, -0.25) is 0 Å². The summed E-state index contributed by atoms with van der Waals surface area (Å²) in [7, 11) is 0. The molecule has 0 N–H and O–H groups in total. The fourth-order valence-corrected chi connectivity index (χ4v) is 2.80. The van der Waals surface area contributed by atoms with Crippen molar-refractivity contribution in [3.63, 3.8) is 0 Å². The molecule has 0 aliphatic carbocycles. The summed E-state index contributed by atoms with van der Waals surface area (Å²) in [6, 6.07) is 0. The summed E-state index contributed by atoms with van der Waals surface area (Å²) in [5, 5.41) is 10.9. The molecular formula is C19H39O. The molecule has 0 aliphatic rings. The lowest BCUT2D eigenvalue weighted by Gasteiger charge is -2.04. The normalized spacial score (nSPS) is 12.8. The molecule has 0 saturated carbocycles. The van der Waals surface area contributed by atoms with Crippen LogP contribution in [0.1, 0.15) is 117 Å². The molecule has 1 radical (unpaired) electrons. The summed E-state index contributed by atoms with van der Waals surface area (Å²) >= 11 is 0. The average Bonchev–Trinajstić information content (AvgIpc) is 2.43. The van der Waals surface area contributed by atoms with Gasteiger partial charge in [0.05, 0.1) is 6.10 Å². The standard InChI is InChI=1S/C19H39O/c1-3-4-5-6-7-8-9-10-11-12-13-14-15-16-17-18-19(2)20/h19H,3-18H2,1-2H3. The Morgan fingerprint density at radius 2 is 0.850 bits per heavy atom. The molecule has 20 heavy (non-hydrogen) atoms. The summed E-state index contributed by atoms with van der Waals surface area (Å²) in [6.45, 7) is 4.06. The van der Waals surface area contributed by atoms with Gasteiger partial charge in [0.15, 0.2) is 0 Å². The van der Waals surface area contributed by atoms with Crippen molar-refractivity contribution in [2.45, 2.75) is 123 Å². The van der Waals surface area contributed by atoms with Gasteiger partial charge in [0.25, 0.3) is 0 Å². The van der Waals surface area contributed by atoms with E-state index in [1.165, 1.54) is 89.9 Å². The zero-order valence-electron chi connectivity index (χ0n) is 14.3. The number of hydrogen-bond acceptors (Lipinski definition) is 0. The molecule has 0 bridgehead atoms. The molecule has 0 heterocycles. The second-order valence-corrected chi connectivity index (χ2v) is 6.55. The predicted molar refractivity (Wildman–Crippen MR) is 89.7 cm³/mol. The lowest BCUT2D eigenvalue weighted by molar-refractivity contribution is 0.0950. The van der Waals surface area contributed by atoms with Crippen LogP contribution in [0, 0.1) is 0 Å². The van der Waals surface area contributed by atoms with Crippen LogP contribution in [0.4, 0.5) is 0 Å². The number of hydrogen-bond donors (Lipinski definition) is 0. The number of unbranched alkanes of at least 4 members (excludes halogenated alkanes) is 14. The molecule has 1 heteroatoms. The first kappa shape index (κ1) is 20.0. The van der Waals surface area contributed by atoms with Crippen molar-refractivity contribution >= 4 is 0 Å². The van der Waals surface area contributed by atoms with Crippen molar-refractivity contribution in [2.75, 3.05) is 0 Å². The summed E-state index contributed by atoms with van der Waals surface area (Å²) in [6.07, 6.45) is 21.4. The molecular weight excluding hydrogens is 244 g/mol. The van der Waals surface area contributed by atoms with Crippen molar-refractivity contribution in [2.24, 2.45) is 0 Å². The largest absolute Gasteiger partial charge is 0.233 e. The zero-order valence-corrected chi connectivity index (χ0v) is 14.3. The second-order valence-electron chi connectivity index (χ2n) is 6.55. The smallest absolute Gasteiger partial charge is 0.0902 e. The lowest BCUT2D eigenvalue weighted by Crippen LogP contribution is -1.95. The fourth-order valence-electron chi connectivity index (χ4n) is 2.80. The van der Waals surface area contributed by atoms with Gasteiger partial charge in [0, 0.05) is 0 Å². The highest BCUT2D eigenvalue weighted by molar-refractivity contribution is 4.51. The fraction of sp³-hybridized carbons (Fsp3) is 1.00. The minimum absolute atomic E-state index is 0.350. The van der Waals surface area contributed by atoms with E-state index in [2.05, 4.69) is 6.92 Å². The van der Waals surface area contributed by atoms with Gasteiger partial charge in [-0.2, -0.15) is 0 Å². The Bertz CT molecular complexity index is 165. The molecule has 1 atom stereocenters. The van der Waals surface area contributed by atoms with E-state index in [1.54, 1.807) is 6.92 Å². The zero-order chi connectivity index (χ0) is 14.9. The van der Waals surface area contributed by atoms with Gasteiger partial charge in [-0.1, -0.05) is 103 Å². The Morgan fingerprint density at radius 3 is 1.15 bits per heavy atom. The van der Waals surface area contributed by atoms with Crippen molar-refractivity contribution in [1.29, 1.82) is 0 Å². The van der Waals surface area contributed by atoms with Crippen LogP contribution < -0.4 is 0 Å². The van der Waals surface area contributed by atoms with E-state index in [0.29, 0.717) is 0 Å². The van der Waals surface area contributed by atoms with E-state index in [9.17, 15) is 5.11 Å². The first-order valence-corrected chi connectivity index (χ1v) is 9.43. The van der Waals surface area contributed by atoms with Crippen LogP contribution in [0.25, 0.3) is 0 Å². The third-order valence-corrected chi connectivity index (χ3v) is 4.21. The molecule has 1 nitrogen and oxygen atoms in total. The molecule has 0 aromatic rings. The van der Waals surface area contributed by atoms with Crippen LogP contribution in [0.3, 0.4) is 0 Å². The van der Waals surface area contributed by atoms with Crippen LogP contribution in [-0.2, 0) is 5.11 Å². The Labute approximate surface area is 128 Å². The summed E-state index contributed by atoms with van der Waals surface area (Å²) in [5.74, 6) is 0. The van der Waals surface area contributed by atoms with Gasteiger partial charge >= 0.3 is 0 Å². The van der Waals surface area contributed by atoms with Crippen molar-refractivity contribution < 1.29 is 5.11 Å². The highest BCUT2D eigenvalue weighted by Crippen LogP contribution is 2.13. The maximum absolute atomic E-state index is 10.9. The topological polar surface area (TPSA) is 19.9 Å². The summed E-state index contributed by atoms with van der Waals surface area (Å²) < 4.78 is 0. The molecule has 0 rings (SSSR count). The summed E-state index contributed by atoms with van der Waals surface area (Å²) in [5.41, 5.74) is 0. The SMILES string of the molecule is CCCCCCCCCCCCCCCCCC(C)[O]. The Hall–Kier alpha value is -0.0400. The Kier molecular flexibility index (Phi) is 17.0. The van der Waals surface area contributed by atoms with Crippen molar-refractivity contribution in [3.8, 4) is 0 Å².